The lowest BCUT2D eigenvalue weighted by Gasteiger charge is -2.26. The molecule has 5 heteroatoms. The number of carbonyl (C=O) groups is 1. The Morgan fingerprint density at radius 3 is 2.72 bits per heavy atom. The number of nitrogens with zero attached hydrogens (tertiary/aromatic N) is 1. The molecule has 0 spiro atoms. The number of hydrogen-bond donors (Lipinski definition) is 1. The lowest BCUT2D eigenvalue weighted by Crippen LogP contribution is -2.23. The van der Waals surface area contributed by atoms with Gasteiger partial charge in [-0.25, -0.2) is 9.78 Å². The van der Waals surface area contributed by atoms with E-state index in [9.17, 15) is 4.79 Å². The number of aromatic nitrogens is 1. The van der Waals surface area contributed by atoms with Crippen LogP contribution in [-0.2, 0) is 0 Å². The number of ether oxygens (including phenoxy) is 1. The standard InChI is InChI=1S/C13H16BrNO3/c1-8-2-4-9(5-3-8)18-12-11(14)10(13(16)17)6-7-15-12/h6-9H,2-5H2,1H3,(H,16,17)/t8-,9-. The van der Waals surface area contributed by atoms with E-state index in [1.165, 1.54) is 12.3 Å². The number of aromatic carboxylic acids is 1. The Kier molecular flexibility index (Phi) is 4.22. The van der Waals surface area contributed by atoms with Gasteiger partial charge in [0.15, 0.2) is 0 Å². The van der Waals surface area contributed by atoms with Gasteiger partial charge in [-0.3, -0.25) is 0 Å². The first-order chi connectivity index (χ1) is 8.58. The summed E-state index contributed by atoms with van der Waals surface area (Å²) in [6.45, 7) is 2.25. The van der Waals surface area contributed by atoms with Crippen molar-refractivity contribution < 1.29 is 14.6 Å². The molecule has 1 aliphatic rings. The first kappa shape index (κ1) is 13.3. The molecule has 1 N–H and O–H groups in total. The van der Waals surface area contributed by atoms with E-state index in [-0.39, 0.29) is 11.7 Å². The SMILES string of the molecule is C[C@H]1CC[C@H](Oc2nccc(C(=O)O)c2Br)CC1. The molecule has 0 saturated heterocycles. The second-order valence-corrected chi connectivity index (χ2v) is 5.58. The molecule has 98 valence electrons. The third-order valence-electron chi connectivity index (χ3n) is 3.33. The van der Waals surface area contributed by atoms with Crippen molar-refractivity contribution >= 4 is 21.9 Å². The Morgan fingerprint density at radius 1 is 1.44 bits per heavy atom. The molecule has 0 atom stereocenters. The van der Waals surface area contributed by atoms with Gasteiger partial charge in [-0.15, -0.1) is 0 Å². The molecule has 1 saturated carbocycles. The molecule has 0 radical (unpaired) electrons. The van der Waals surface area contributed by atoms with Crippen molar-refractivity contribution in [3.63, 3.8) is 0 Å². The predicted octanol–water partition coefficient (Wildman–Crippen LogP) is 3.50. The van der Waals surface area contributed by atoms with Gasteiger partial charge < -0.3 is 9.84 Å². The van der Waals surface area contributed by atoms with Crippen LogP contribution in [-0.4, -0.2) is 22.2 Å². The van der Waals surface area contributed by atoms with Gasteiger partial charge in [-0.1, -0.05) is 6.92 Å². The Morgan fingerprint density at radius 2 is 2.11 bits per heavy atom. The minimum Gasteiger partial charge on any atom is -0.478 e. The van der Waals surface area contributed by atoms with Crippen LogP contribution in [0.5, 0.6) is 5.88 Å². The molecule has 1 aromatic rings. The van der Waals surface area contributed by atoms with Gasteiger partial charge in [-0.05, 0) is 53.6 Å². The lowest BCUT2D eigenvalue weighted by molar-refractivity contribution is 0.0693. The van der Waals surface area contributed by atoms with Crippen LogP contribution in [0.1, 0.15) is 43.0 Å². The van der Waals surface area contributed by atoms with E-state index < -0.39 is 5.97 Å². The van der Waals surface area contributed by atoms with Crippen molar-refractivity contribution in [2.75, 3.05) is 0 Å². The highest BCUT2D eigenvalue weighted by Gasteiger charge is 2.22. The van der Waals surface area contributed by atoms with E-state index in [0.29, 0.717) is 10.4 Å². The maximum atomic E-state index is 11.0. The molecule has 0 aliphatic heterocycles. The molecule has 0 aromatic carbocycles. The van der Waals surface area contributed by atoms with Crippen molar-refractivity contribution in [2.45, 2.75) is 38.7 Å². The van der Waals surface area contributed by atoms with E-state index in [1.807, 2.05) is 0 Å². The molecule has 1 aliphatic carbocycles. The third kappa shape index (κ3) is 3.02. The van der Waals surface area contributed by atoms with Gasteiger partial charge in [-0.2, -0.15) is 0 Å². The van der Waals surface area contributed by atoms with Crippen molar-refractivity contribution in [3.8, 4) is 5.88 Å². The van der Waals surface area contributed by atoms with Crippen molar-refractivity contribution in [1.82, 2.24) is 4.98 Å². The molecule has 0 unspecified atom stereocenters. The summed E-state index contributed by atoms with van der Waals surface area (Å²) in [5.41, 5.74) is 0.184. The summed E-state index contributed by atoms with van der Waals surface area (Å²) in [6, 6.07) is 1.46. The first-order valence-electron chi connectivity index (χ1n) is 6.12. The topological polar surface area (TPSA) is 59.4 Å². The van der Waals surface area contributed by atoms with E-state index in [2.05, 4.69) is 27.8 Å². The quantitative estimate of drug-likeness (QED) is 0.927. The smallest absolute Gasteiger partial charge is 0.337 e. The van der Waals surface area contributed by atoms with Crippen LogP contribution in [0.3, 0.4) is 0 Å². The minimum absolute atomic E-state index is 0.147. The predicted molar refractivity (Wildman–Crippen MR) is 70.9 cm³/mol. The van der Waals surface area contributed by atoms with Gasteiger partial charge in [0.05, 0.1) is 10.0 Å². The highest BCUT2D eigenvalue weighted by molar-refractivity contribution is 9.10. The number of carboxylic acid groups (broad SMARTS) is 1. The van der Waals surface area contributed by atoms with E-state index in [1.54, 1.807) is 0 Å². The summed E-state index contributed by atoms with van der Waals surface area (Å²) < 4.78 is 6.23. The third-order valence-corrected chi connectivity index (χ3v) is 4.10. The summed E-state index contributed by atoms with van der Waals surface area (Å²) in [4.78, 5) is 15.1. The van der Waals surface area contributed by atoms with Gasteiger partial charge in [0.25, 0.3) is 0 Å². The van der Waals surface area contributed by atoms with Gasteiger partial charge in [0.1, 0.15) is 6.10 Å². The Bertz CT molecular complexity index is 442. The Hall–Kier alpha value is -1.10. The molecule has 1 fully saturated rings. The van der Waals surface area contributed by atoms with Gasteiger partial charge in [0, 0.05) is 6.20 Å². The van der Waals surface area contributed by atoms with Crippen LogP contribution in [0.25, 0.3) is 0 Å². The molecule has 4 nitrogen and oxygen atoms in total. The van der Waals surface area contributed by atoms with Crippen LogP contribution >= 0.6 is 15.9 Å². The van der Waals surface area contributed by atoms with Crippen LogP contribution in [0.15, 0.2) is 16.7 Å². The zero-order valence-electron chi connectivity index (χ0n) is 10.2. The number of hydrogen-bond acceptors (Lipinski definition) is 3. The summed E-state index contributed by atoms with van der Waals surface area (Å²) in [6.07, 6.45) is 5.93. The average molecular weight is 314 g/mol. The van der Waals surface area contributed by atoms with E-state index >= 15 is 0 Å². The number of pyridine rings is 1. The molecule has 0 amide bonds. The number of rotatable bonds is 3. The van der Waals surface area contributed by atoms with Crippen molar-refractivity contribution in [2.24, 2.45) is 5.92 Å². The van der Waals surface area contributed by atoms with Crippen molar-refractivity contribution in [1.29, 1.82) is 0 Å². The first-order valence-corrected chi connectivity index (χ1v) is 6.91. The molecule has 18 heavy (non-hydrogen) atoms. The largest absolute Gasteiger partial charge is 0.478 e. The monoisotopic (exact) mass is 313 g/mol. The van der Waals surface area contributed by atoms with Gasteiger partial charge in [0.2, 0.25) is 5.88 Å². The van der Waals surface area contributed by atoms with Crippen LogP contribution in [0.4, 0.5) is 0 Å². The van der Waals surface area contributed by atoms with Crippen LogP contribution in [0, 0.1) is 5.92 Å². The fourth-order valence-corrected chi connectivity index (χ4v) is 2.67. The molecule has 1 aromatic heterocycles. The average Bonchev–Trinajstić information content (AvgIpc) is 2.34. The molecule has 2 rings (SSSR count). The fraction of sp³-hybridized carbons (Fsp3) is 0.538. The minimum atomic E-state index is -0.980. The second-order valence-electron chi connectivity index (χ2n) is 4.78. The maximum Gasteiger partial charge on any atom is 0.337 e. The molecule has 1 heterocycles. The lowest BCUT2D eigenvalue weighted by atomic mass is 9.89. The maximum absolute atomic E-state index is 11.0. The Balaban J connectivity index is 2.10. The second kappa shape index (κ2) is 5.69. The summed E-state index contributed by atoms with van der Waals surface area (Å²) in [7, 11) is 0. The van der Waals surface area contributed by atoms with Crippen molar-refractivity contribution in [3.05, 3.63) is 22.3 Å². The zero-order valence-corrected chi connectivity index (χ0v) is 11.8. The molecular weight excluding hydrogens is 298 g/mol. The highest BCUT2D eigenvalue weighted by Crippen LogP contribution is 2.31. The summed E-state index contributed by atoms with van der Waals surface area (Å²) in [5.74, 6) is 0.160. The number of halogens is 1. The molecule has 0 bridgehead atoms. The summed E-state index contributed by atoms with van der Waals surface area (Å²) in [5, 5.41) is 9.02. The van der Waals surface area contributed by atoms with Crippen LogP contribution < -0.4 is 4.74 Å². The van der Waals surface area contributed by atoms with Gasteiger partial charge >= 0.3 is 5.97 Å². The Labute approximate surface area is 115 Å². The normalized spacial score (nSPS) is 23.7. The number of carboxylic acids is 1. The fourth-order valence-electron chi connectivity index (χ4n) is 2.18. The van der Waals surface area contributed by atoms with E-state index in [4.69, 9.17) is 9.84 Å². The zero-order chi connectivity index (χ0) is 13.1. The van der Waals surface area contributed by atoms with Crippen LogP contribution in [0.2, 0.25) is 0 Å². The van der Waals surface area contributed by atoms with E-state index in [0.717, 1.165) is 31.6 Å². The molecular formula is C13H16BrNO3. The highest BCUT2D eigenvalue weighted by atomic mass is 79.9. The summed E-state index contributed by atoms with van der Waals surface area (Å²) >= 11 is 3.25.